The normalized spacial score (nSPS) is 10.4. The number of rotatable bonds is 6. The molecule has 0 amide bonds. The lowest BCUT2D eigenvalue weighted by molar-refractivity contribution is 0.316. The van der Waals surface area contributed by atoms with Crippen molar-refractivity contribution < 1.29 is 18.9 Å². The molecular formula is C18H18N2O4S. The van der Waals surface area contributed by atoms with E-state index in [1.807, 2.05) is 36.4 Å². The van der Waals surface area contributed by atoms with Crippen molar-refractivity contribution in [2.75, 3.05) is 28.4 Å². The Labute approximate surface area is 150 Å². The topological polar surface area (TPSA) is 62.7 Å². The zero-order valence-corrected chi connectivity index (χ0v) is 15.2. The predicted molar refractivity (Wildman–Crippen MR) is 97.0 cm³/mol. The molecule has 0 spiro atoms. The number of hydrogen-bond donors (Lipinski definition) is 0. The fourth-order valence-corrected chi connectivity index (χ4v) is 3.10. The van der Waals surface area contributed by atoms with E-state index in [0.717, 1.165) is 21.9 Å². The number of methoxy groups -OCH3 is 4. The maximum absolute atomic E-state index is 5.38. The quantitative estimate of drug-likeness (QED) is 0.666. The van der Waals surface area contributed by atoms with Gasteiger partial charge in [-0.25, -0.2) is 4.98 Å². The minimum absolute atomic E-state index is 0.372. The lowest BCUT2D eigenvalue weighted by atomic mass is 10.1. The maximum atomic E-state index is 5.38. The van der Waals surface area contributed by atoms with Crippen LogP contribution in [-0.2, 0) is 0 Å². The van der Waals surface area contributed by atoms with Crippen molar-refractivity contribution in [3.05, 3.63) is 36.4 Å². The first-order chi connectivity index (χ1) is 12.2. The molecule has 0 aliphatic rings. The second-order valence-corrected chi connectivity index (χ2v) is 5.86. The van der Waals surface area contributed by atoms with Gasteiger partial charge in [0, 0.05) is 11.6 Å². The van der Waals surface area contributed by atoms with Crippen LogP contribution in [0.1, 0.15) is 0 Å². The van der Waals surface area contributed by atoms with Crippen LogP contribution in [-0.4, -0.2) is 37.8 Å². The SMILES string of the molecule is COc1ccc(-c2cc(-c3cc(OC)c(OC)c(OC)n3)sn2)cc1. The Balaban J connectivity index is 1.98. The molecule has 0 aliphatic carbocycles. The van der Waals surface area contributed by atoms with Crippen LogP contribution in [0.4, 0.5) is 0 Å². The van der Waals surface area contributed by atoms with Gasteiger partial charge in [-0.2, -0.15) is 4.37 Å². The van der Waals surface area contributed by atoms with Crippen LogP contribution < -0.4 is 18.9 Å². The summed E-state index contributed by atoms with van der Waals surface area (Å²) < 4.78 is 25.7. The van der Waals surface area contributed by atoms with Crippen molar-refractivity contribution in [3.63, 3.8) is 0 Å². The Bertz CT molecular complexity index is 837. The Morgan fingerprint density at radius 3 is 2.16 bits per heavy atom. The smallest absolute Gasteiger partial charge is 0.261 e. The van der Waals surface area contributed by atoms with E-state index < -0.39 is 0 Å². The van der Waals surface area contributed by atoms with E-state index in [0.29, 0.717) is 23.1 Å². The molecule has 1 aromatic carbocycles. The van der Waals surface area contributed by atoms with Gasteiger partial charge < -0.3 is 18.9 Å². The first kappa shape index (κ1) is 17.0. The van der Waals surface area contributed by atoms with Gasteiger partial charge in [-0.15, -0.1) is 0 Å². The van der Waals surface area contributed by atoms with Crippen LogP contribution >= 0.6 is 11.5 Å². The van der Waals surface area contributed by atoms with Gasteiger partial charge in [0.2, 0.25) is 5.75 Å². The van der Waals surface area contributed by atoms with Gasteiger partial charge in [0.1, 0.15) is 5.75 Å². The van der Waals surface area contributed by atoms with E-state index >= 15 is 0 Å². The van der Waals surface area contributed by atoms with Crippen LogP contribution in [0, 0.1) is 0 Å². The molecule has 0 aliphatic heterocycles. The summed E-state index contributed by atoms with van der Waals surface area (Å²) >= 11 is 1.36. The molecule has 0 saturated heterocycles. The van der Waals surface area contributed by atoms with Crippen LogP contribution in [0.25, 0.3) is 21.8 Å². The Kier molecular flexibility index (Phi) is 5.04. The molecule has 0 radical (unpaired) electrons. The fourth-order valence-electron chi connectivity index (χ4n) is 2.39. The molecule has 0 N–H and O–H groups in total. The fraction of sp³-hybridized carbons (Fsp3) is 0.222. The van der Waals surface area contributed by atoms with E-state index in [-0.39, 0.29) is 0 Å². The van der Waals surface area contributed by atoms with Crippen LogP contribution in [0.3, 0.4) is 0 Å². The second-order valence-electron chi connectivity index (χ2n) is 5.06. The molecule has 0 atom stereocenters. The molecule has 6 nitrogen and oxygen atoms in total. The number of pyridine rings is 1. The lowest BCUT2D eigenvalue weighted by Crippen LogP contribution is -1.98. The van der Waals surface area contributed by atoms with Gasteiger partial charge in [0.15, 0.2) is 5.75 Å². The van der Waals surface area contributed by atoms with Crippen molar-refractivity contribution in [3.8, 4) is 45.0 Å². The predicted octanol–water partition coefficient (Wildman–Crippen LogP) is 3.91. The van der Waals surface area contributed by atoms with Gasteiger partial charge in [-0.1, -0.05) is 0 Å². The van der Waals surface area contributed by atoms with Crippen LogP contribution in [0.5, 0.6) is 23.1 Å². The molecular weight excluding hydrogens is 340 g/mol. The van der Waals surface area contributed by atoms with Crippen molar-refractivity contribution in [1.82, 2.24) is 9.36 Å². The minimum atomic E-state index is 0.372. The second kappa shape index (κ2) is 7.40. The largest absolute Gasteiger partial charge is 0.497 e. The molecule has 0 unspecified atom stereocenters. The van der Waals surface area contributed by atoms with Crippen molar-refractivity contribution in [2.24, 2.45) is 0 Å². The molecule has 0 fully saturated rings. The molecule has 7 heteroatoms. The van der Waals surface area contributed by atoms with Crippen molar-refractivity contribution >= 4 is 11.5 Å². The summed E-state index contributed by atoms with van der Waals surface area (Å²) in [6.07, 6.45) is 0. The molecule has 0 saturated carbocycles. The summed E-state index contributed by atoms with van der Waals surface area (Å²) in [5.74, 6) is 2.21. The maximum Gasteiger partial charge on any atom is 0.261 e. The monoisotopic (exact) mass is 358 g/mol. The summed E-state index contributed by atoms with van der Waals surface area (Å²) in [6.45, 7) is 0. The average Bonchev–Trinajstić information content (AvgIpc) is 3.17. The van der Waals surface area contributed by atoms with Gasteiger partial charge >= 0.3 is 0 Å². The highest BCUT2D eigenvalue weighted by atomic mass is 32.1. The first-order valence-electron chi connectivity index (χ1n) is 7.48. The highest BCUT2D eigenvalue weighted by Crippen LogP contribution is 2.40. The van der Waals surface area contributed by atoms with E-state index in [1.54, 1.807) is 28.4 Å². The molecule has 3 rings (SSSR count). The number of benzene rings is 1. The first-order valence-corrected chi connectivity index (χ1v) is 8.26. The Hall–Kier alpha value is -2.80. The summed E-state index contributed by atoms with van der Waals surface area (Å²) in [4.78, 5) is 5.41. The zero-order chi connectivity index (χ0) is 17.8. The van der Waals surface area contributed by atoms with Gasteiger partial charge in [-0.05, 0) is 41.9 Å². The lowest BCUT2D eigenvalue weighted by Gasteiger charge is -2.12. The standard InChI is InChI=1S/C18H18N2O4S/c1-21-12-7-5-11(6-8-12)13-10-16(25-20-13)14-9-15(22-2)17(23-3)18(19-14)24-4/h5-10H,1-4H3. The van der Waals surface area contributed by atoms with Gasteiger partial charge in [0.05, 0.1) is 44.7 Å². The van der Waals surface area contributed by atoms with Gasteiger partial charge in [-0.3, -0.25) is 0 Å². The number of ether oxygens (including phenoxy) is 4. The average molecular weight is 358 g/mol. The van der Waals surface area contributed by atoms with E-state index in [9.17, 15) is 0 Å². The van der Waals surface area contributed by atoms with Gasteiger partial charge in [0.25, 0.3) is 5.88 Å². The third-order valence-corrected chi connectivity index (χ3v) is 4.49. The van der Waals surface area contributed by atoms with E-state index in [2.05, 4.69) is 9.36 Å². The van der Waals surface area contributed by atoms with E-state index in [4.69, 9.17) is 18.9 Å². The third-order valence-electron chi connectivity index (χ3n) is 3.67. The number of hydrogen-bond acceptors (Lipinski definition) is 7. The summed E-state index contributed by atoms with van der Waals surface area (Å²) in [6, 6.07) is 11.6. The highest BCUT2D eigenvalue weighted by molar-refractivity contribution is 7.09. The van der Waals surface area contributed by atoms with Crippen molar-refractivity contribution in [1.29, 1.82) is 0 Å². The summed E-state index contributed by atoms with van der Waals surface area (Å²) in [5.41, 5.74) is 2.60. The molecule has 2 aromatic heterocycles. The Morgan fingerprint density at radius 2 is 1.56 bits per heavy atom. The Morgan fingerprint density at radius 1 is 0.800 bits per heavy atom. The molecule has 0 bridgehead atoms. The van der Waals surface area contributed by atoms with Crippen LogP contribution in [0.15, 0.2) is 36.4 Å². The van der Waals surface area contributed by atoms with Crippen LogP contribution in [0.2, 0.25) is 0 Å². The minimum Gasteiger partial charge on any atom is -0.497 e. The zero-order valence-electron chi connectivity index (χ0n) is 14.4. The number of nitrogens with zero attached hydrogens (tertiary/aromatic N) is 2. The molecule has 3 aromatic rings. The number of aromatic nitrogens is 2. The molecule has 130 valence electrons. The van der Waals surface area contributed by atoms with E-state index in [1.165, 1.54) is 11.5 Å². The molecule has 25 heavy (non-hydrogen) atoms. The summed E-state index contributed by atoms with van der Waals surface area (Å²) in [7, 11) is 6.32. The third kappa shape index (κ3) is 3.36. The highest BCUT2D eigenvalue weighted by Gasteiger charge is 2.17. The molecule has 2 heterocycles. The van der Waals surface area contributed by atoms with Crippen molar-refractivity contribution in [2.45, 2.75) is 0 Å². The summed E-state index contributed by atoms with van der Waals surface area (Å²) in [5, 5.41) is 0.